The van der Waals surface area contributed by atoms with Gasteiger partial charge in [0.1, 0.15) is 12.4 Å². The lowest BCUT2D eigenvalue weighted by atomic mass is 9.90. The van der Waals surface area contributed by atoms with E-state index in [1.807, 2.05) is 43.3 Å². The quantitative estimate of drug-likeness (QED) is 0.428. The highest BCUT2D eigenvalue weighted by Gasteiger charge is 2.43. The molecule has 0 fully saturated rings. The van der Waals surface area contributed by atoms with Gasteiger partial charge < -0.3 is 9.22 Å². The summed E-state index contributed by atoms with van der Waals surface area (Å²) < 4.78 is 6.75. The van der Waals surface area contributed by atoms with Crippen LogP contribution < -0.4 is 10.4 Å². The van der Waals surface area contributed by atoms with Crippen LogP contribution in [0.15, 0.2) is 72.8 Å². The highest BCUT2D eigenvalue weighted by molar-refractivity contribution is 6.97. The van der Waals surface area contributed by atoms with Crippen LogP contribution in [0.5, 0.6) is 0 Å². The molecule has 0 aliphatic carbocycles. The average Bonchev–Trinajstić information content (AvgIpc) is 2.63. The lowest BCUT2D eigenvalue weighted by Gasteiger charge is -2.38. The van der Waals surface area contributed by atoms with Crippen LogP contribution in [0.1, 0.15) is 27.7 Å². The molecule has 0 aliphatic heterocycles. The van der Waals surface area contributed by atoms with Crippen molar-refractivity contribution in [1.82, 2.24) is 0 Å². The van der Waals surface area contributed by atoms with Gasteiger partial charge in [0.25, 0.3) is 8.32 Å². The molecule has 0 amide bonds. The first kappa shape index (κ1) is 19.4. The Kier molecular flexibility index (Phi) is 6.51. The summed E-state index contributed by atoms with van der Waals surface area (Å²) in [6.45, 7) is 8.18. The summed E-state index contributed by atoms with van der Waals surface area (Å²) in [6.07, 6.45) is 4.73. The Hall–Kier alpha value is -1.97. The van der Waals surface area contributed by atoms with Crippen molar-refractivity contribution < 1.29 is 9.22 Å². The van der Waals surface area contributed by atoms with Crippen molar-refractivity contribution in [3.05, 3.63) is 72.8 Å². The van der Waals surface area contributed by atoms with E-state index in [9.17, 15) is 4.79 Å². The molecular weight excluding hydrogens is 324 g/mol. The highest BCUT2D eigenvalue weighted by atomic mass is 28.4. The second-order valence-corrected chi connectivity index (χ2v) is 10.8. The van der Waals surface area contributed by atoms with Gasteiger partial charge in [0, 0.05) is 0 Å². The third-order valence-electron chi connectivity index (χ3n) is 4.43. The van der Waals surface area contributed by atoms with E-state index in [2.05, 4.69) is 57.2 Å². The molecule has 0 spiro atoms. The third kappa shape index (κ3) is 4.56. The standard InChI is InChI=1S/C22H28O2Si/c1-5-6-17-25(19-13-9-7-10-14-19,20-15-11-8-12-16-20)24-21(18-23)22(2,3)4/h5-16,18,21H,17H2,1-4H3/b6-5+. The number of aldehydes is 1. The van der Waals surface area contributed by atoms with E-state index in [-0.39, 0.29) is 5.41 Å². The van der Waals surface area contributed by atoms with Gasteiger partial charge in [-0.3, -0.25) is 0 Å². The first-order valence-corrected chi connectivity index (χ1v) is 10.9. The highest BCUT2D eigenvalue weighted by Crippen LogP contribution is 2.26. The Labute approximate surface area is 152 Å². The minimum absolute atomic E-state index is 0.251. The van der Waals surface area contributed by atoms with Crippen molar-refractivity contribution in [2.24, 2.45) is 5.41 Å². The summed E-state index contributed by atoms with van der Waals surface area (Å²) in [5.41, 5.74) is -0.251. The average molecular weight is 353 g/mol. The van der Waals surface area contributed by atoms with Gasteiger partial charge in [0.2, 0.25) is 0 Å². The lowest BCUT2D eigenvalue weighted by Crippen LogP contribution is -2.63. The van der Waals surface area contributed by atoms with E-state index >= 15 is 0 Å². The molecule has 0 saturated carbocycles. The predicted octanol–water partition coefficient (Wildman–Crippen LogP) is 3.95. The van der Waals surface area contributed by atoms with Crippen molar-refractivity contribution in [3.8, 4) is 0 Å². The van der Waals surface area contributed by atoms with Gasteiger partial charge in [-0.1, -0.05) is 93.6 Å². The Bertz CT molecular complexity index is 647. The number of rotatable bonds is 7. The van der Waals surface area contributed by atoms with E-state index < -0.39 is 14.4 Å². The minimum atomic E-state index is -2.58. The molecule has 0 radical (unpaired) electrons. The molecule has 0 aromatic heterocycles. The van der Waals surface area contributed by atoms with E-state index in [1.54, 1.807) is 0 Å². The zero-order valence-electron chi connectivity index (χ0n) is 15.6. The lowest BCUT2D eigenvalue weighted by molar-refractivity contribution is -0.118. The van der Waals surface area contributed by atoms with E-state index in [4.69, 9.17) is 4.43 Å². The van der Waals surface area contributed by atoms with Crippen LogP contribution in [-0.4, -0.2) is 20.7 Å². The smallest absolute Gasteiger partial charge is 0.260 e. The summed E-state index contributed by atoms with van der Waals surface area (Å²) in [4.78, 5) is 11.8. The molecule has 132 valence electrons. The molecule has 1 atom stereocenters. The first-order valence-electron chi connectivity index (χ1n) is 8.79. The maximum absolute atomic E-state index is 11.8. The molecule has 0 heterocycles. The van der Waals surface area contributed by atoms with Crippen LogP contribution in [0.25, 0.3) is 0 Å². The van der Waals surface area contributed by atoms with E-state index in [0.717, 1.165) is 12.3 Å². The Morgan fingerprint density at radius 3 is 1.80 bits per heavy atom. The molecule has 0 aliphatic rings. The Balaban J connectivity index is 2.64. The molecule has 0 saturated heterocycles. The number of carbonyl (C=O) groups is 1. The molecule has 2 nitrogen and oxygen atoms in total. The van der Waals surface area contributed by atoms with Crippen LogP contribution in [0.3, 0.4) is 0 Å². The second kappa shape index (κ2) is 8.41. The SMILES string of the molecule is C/C=C/C[Si](OC(C=O)C(C)(C)C)(c1ccccc1)c1ccccc1. The molecule has 25 heavy (non-hydrogen) atoms. The normalized spacial score (nSPS) is 13.8. The fraction of sp³-hybridized carbons (Fsp3) is 0.318. The Morgan fingerprint density at radius 1 is 0.960 bits per heavy atom. The van der Waals surface area contributed by atoms with Gasteiger partial charge >= 0.3 is 0 Å². The zero-order chi connectivity index (χ0) is 18.3. The van der Waals surface area contributed by atoms with Crippen molar-refractivity contribution >= 4 is 25.0 Å². The van der Waals surface area contributed by atoms with Crippen molar-refractivity contribution in [2.75, 3.05) is 0 Å². The summed E-state index contributed by atoms with van der Waals surface area (Å²) in [7, 11) is -2.58. The largest absolute Gasteiger partial charge is 0.397 e. The molecule has 0 bridgehead atoms. The van der Waals surface area contributed by atoms with E-state index in [1.165, 1.54) is 10.4 Å². The zero-order valence-corrected chi connectivity index (χ0v) is 16.6. The topological polar surface area (TPSA) is 26.3 Å². The van der Waals surface area contributed by atoms with Gasteiger partial charge in [-0.05, 0) is 28.8 Å². The Morgan fingerprint density at radius 2 is 1.44 bits per heavy atom. The van der Waals surface area contributed by atoms with Crippen LogP contribution in [0.2, 0.25) is 6.04 Å². The molecule has 2 aromatic carbocycles. The monoisotopic (exact) mass is 352 g/mol. The maximum atomic E-state index is 11.8. The number of hydrogen-bond donors (Lipinski definition) is 0. The van der Waals surface area contributed by atoms with Gasteiger partial charge in [-0.25, -0.2) is 0 Å². The third-order valence-corrected chi connectivity index (χ3v) is 8.43. The summed E-state index contributed by atoms with van der Waals surface area (Å²) >= 11 is 0. The van der Waals surface area contributed by atoms with Crippen molar-refractivity contribution in [2.45, 2.75) is 39.8 Å². The minimum Gasteiger partial charge on any atom is -0.397 e. The number of allylic oxidation sites excluding steroid dienone is 2. The second-order valence-electron chi connectivity index (χ2n) is 7.37. The van der Waals surface area contributed by atoms with Gasteiger partial charge in [-0.15, -0.1) is 0 Å². The molecule has 0 N–H and O–H groups in total. The number of carbonyl (C=O) groups excluding carboxylic acids is 1. The van der Waals surface area contributed by atoms with Gasteiger partial charge in [-0.2, -0.15) is 0 Å². The molecular formula is C22H28O2Si. The maximum Gasteiger partial charge on any atom is 0.260 e. The fourth-order valence-electron chi connectivity index (χ4n) is 2.91. The summed E-state index contributed by atoms with van der Waals surface area (Å²) in [5, 5.41) is 2.38. The van der Waals surface area contributed by atoms with Crippen molar-refractivity contribution in [3.63, 3.8) is 0 Å². The molecule has 3 heteroatoms. The summed E-state index contributed by atoms with van der Waals surface area (Å²) in [5.74, 6) is 0. The van der Waals surface area contributed by atoms with Crippen molar-refractivity contribution in [1.29, 1.82) is 0 Å². The molecule has 2 aromatic rings. The first-order chi connectivity index (χ1) is 11.9. The van der Waals surface area contributed by atoms with Crippen LogP contribution in [0.4, 0.5) is 0 Å². The summed E-state index contributed by atoms with van der Waals surface area (Å²) in [6, 6.07) is 21.6. The van der Waals surface area contributed by atoms with Gasteiger partial charge in [0.05, 0.1) is 0 Å². The predicted molar refractivity (Wildman–Crippen MR) is 108 cm³/mol. The van der Waals surface area contributed by atoms with Crippen LogP contribution in [0, 0.1) is 5.41 Å². The molecule has 1 unspecified atom stereocenters. The van der Waals surface area contributed by atoms with Crippen LogP contribution in [-0.2, 0) is 9.22 Å². The molecule has 2 rings (SSSR count). The van der Waals surface area contributed by atoms with E-state index in [0.29, 0.717) is 0 Å². The number of benzene rings is 2. The van der Waals surface area contributed by atoms with Crippen LogP contribution >= 0.6 is 0 Å². The van der Waals surface area contributed by atoms with Gasteiger partial charge in [0.15, 0.2) is 0 Å². The number of hydrogen-bond acceptors (Lipinski definition) is 2. The fourth-order valence-corrected chi connectivity index (χ4v) is 6.96.